The molecule has 2 rings (SSSR count). The Labute approximate surface area is 152 Å². The Morgan fingerprint density at radius 2 is 1.92 bits per heavy atom. The number of rotatable bonds is 7. The summed E-state index contributed by atoms with van der Waals surface area (Å²) < 4.78 is 10.6. The van der Waals surface area contributed by atoms with E-state index in [2.05, 4.69) is 15.5 Å². The average Bonchev–Trinajstić information content (AvgIpc) is 2.64. The summed E-state index contributed by atoms with van der Waals surface area (Å²) in [5.74, 6) is -1.33. The van der Waals surface area contributed by atoms with E-state index in [1.165, 1.54) is 7.11 Å². The Balaban J connectivity index is 1.72. The van der Waals surface area contributed by atoms with E-state index in [-0.39, 0.29) is 6.54 Å². The minimum atomic E-state index is -0.684. The molecule has 138 valence electrons. The van der Waals surface area contributed by atoms with Crippen molar-refractivity contribution in [1.82, 2.24) is 15.5 Å². The van der Waals surface area contributed by atoms with E-state index in [1.807, 2.05) is 18.2 Å². The lowest BCUT2D eigenvalue weighted by atomic mass is 10.1. The smallest absolute Gasteiger partial charge is 0.309 e. The molecular weight excluding hydrogens is 346 g/mol. The first kappa shape index (κ1) is 19.7. The average molecular weight is 370 g/mol. The lowest BCUT2D eigenvalue weighted by Gasteiger charge is -2.26. The number of carbonyl (C=O) groups excluding carboxylic acids is 2. The lowest BCUT2D eigenvalue weighted by molar-refractivity contribution is -0.139. The van der Waals surface area contributed by atoms with Gasteiger partial charge < -0.3 is 20.1 Å². The van der Waals surface area contributed by atoms with Crippen molar-refractivity contribution in [3.8, 4) is 0 Å². The molecule has 1 aliphatic heterocycles. The van der Waals surface area contributed by atoms with Gasteiger partial charge in [-0.2, -0.15) is 0 Å². The van der Waals surface area contributed by atoms with Crippen molar-refractivity contribution >= 4 is 23.4 Å². The van der Waals surface area contributed by atoms with Crippen molar-refractivity contribution < 1.29 is 19.1 Å². The number of morpholine rings is 1. The first-order valence-corrected chi connectivity index (χ1v) is 8.63. The van der Waals surface area contributed by atoms with Gasteiger partial charge in [0.25, 0.3) is 0 Å². The van der Waals surface area contributed by atoms with Gasteiger partial charge in [-0.1, -0.05) is 29.8 Å². The Kier molecular flexibility index (Phi) is 8.14. The third kappa shape index (κ3) is 6.28. The standard InChI is InChI=1S/C17H24ClN3O4/c1-24-15(13-4-2-3-5-14(13)18)12-20-17(23)16(22)19-6-7-21-8-10-25-11-9-21/h2-5,15H,6-12H2,1H3,(H,19,22)(H,20,23). The van der Waals surface area contributed by atoms with Gasteiger partial charge in [0.15, 0.2) is 0 Å². The highest BCUT2D eigenvalue weighted by atomic mass is 35.5. The van der Waals surface area contributed by atoms with Crippen LogP contribution in [-0.2, 0) is 19.1 Å². The molecule has 1 saturated heterocycles. The quantitative estimate of drug-likeness (QED) is 0.688. The number of halogens is 1. The molecule has 1 heterocycles. The first-order chi connectivity index (χ1) is 12.1. The highest BCUT2D eigenvalue weighted by molar-refractivity contribution is 6.35. The van der Waals surface area contributed by atoms with Gasteiger partial charge in [-0.25, -0.2) is 0 Å². The van der Waals surface area contributed by atoms with Gasteiger partial charge >= 0.3 is 11.8 Å². The van der Waals surface area contributed by atoms with E-state index in [0.29, 0.717) is 31.3 Å². The van der Waals surface area contributed by atoms with E-state index in [9.17, 15) is 9.59 Å². The zero-order chi connectivity index (χ0) is 18.1. The van der Waals surface area contributed by atoms with Crippen molar-refractivity contribution in [3.63, 3.8) is 0 Å². The van der Waals surface area contributed by atoms with Gasteiger partial charge in [-0.3, -0.25) is 14.5 Å². The molecule has 25 heavy (non-hydrogen) atoms. The largest absolute Gasteiger partial charge is 0.379 e. The van der Waals surface area contributed by atoms with Crippen LogP contribution in [0.2, 0.25) is 5.02 Å². The number of benzene rings is 1. The molecule has 0 saturated carbocycles. The summed E-state index contributed by atoms with van der Waals surface area (Å²) in [4.78, 5) is 26.0. The van der Waals surface area contributed by atoms with Crippen LogP contribution in [0.4, 0.5) is 0 Å². The Morgan fingerprint density at radius 3 is 2.60 bits per heavy atom. The summed E-state index contributed by atoms with van der Waals surface area (Å²) in [5.41, 5.74) is 0.764. The van der Waals surface area contributed by atoms with Crippen LogP contribution in [0, 0.1) is 0 Å². The molecule has 7 nitrogen and oxygen atoms in total. The van der Waals surface area contributed by atoms with E-state index in [1.54, 1.807) is 6.07 Å². The number of hydrogen-bond acceptors (Lipinski definition) is 5. The maximum absolute atomic E-state index is 11.9. The highest BCUT2D eigenvalue weighted by Gasteiger charge is 2.18. The Bertz CT molecular complexity index is 579. The predicted molar refractivity (Wildman–Crippen MR) is 94.5 cm³/mol. The maximum atomic E-state index is 11.9. The SMILES string of the molecule is COC(CNC(=O)C(=O)NCCN1CCOCC1)c1ccccc1Cl. The van der Waals surface area contributed by atoms with Crippen molar-refractivity contribution in [2.24, 2.45) is 0 Å². The number of nitrogens with zero attached hydrogens (tertiary/aromatic N) is 1. The van der Waals surface area contributed by atoms with Gasteiger partial charge in [0.05, 0.1) is 13.2 Å². The molecule has 2 N–H and O–H groups in total. The topological polar surface area (TPSA) is 79.9 Å². The Morgan fingerprint density at radius 1 is 1.24 bits per heavy atom. The van der Waals surface area contributed by atoms with Crippen LogP contribution >= 0.6 is 11.6 Å². The molecule has 1 aromatic rings. The van der Waals surface area contributed by atoms with Crippen molar-refractivity contribution in [3.05, 3.63) is 34.9 Å². The van der Waals surface area contributed by atoms with E-state index in [4.69, 9.17) is 21.1 Å². The summed E-state index contributed by atoms with van der Waals surface area (Å²) in [7, 11) is 1.53. The summed E-state index contributed by atoms with van der Waals surface area (Å²) in [6.45, 7) is 4.37. The van der Waals surface area contributed by atoms with Crippen LogP contribution in [-0.4, -0.2) is 69.8 Å². The molecule has 1 aromatic carbocycles. The van der Waals surface area contributed by atoms with Gasteiger partial charge in [0, 0.05) is 50.4 Å². The van der Waals surface area contributed by atoms with Gasteiger partial charge in [0.1, 0.15) is 6.10 Å². The normalized spacial score (nSPS) is 16.2. The fourth-order valence-corrected chi connectivity index (χ4v) is 2.81. The number of ether oxygens (including phenoxy) is 2. The second kappa shape index (κ2) is 10.4. The molecule has 1 unspecified atom stereocenters. The van der Waals surface area contributed by atoms with Crippen molar-refractivity contribution in [2.45, 2.75) is 6.10 Å². The van der Waals surface area contributed by atoms with Crippen LogP contribution in [0.5, 0.6) is 0 Å². The van der Waals surface area contributed by atoms with Crippen LogP contribution in [0.15, 0.2) is 24.3 Å². The van der Waals surface area contributed by atoms with E-state index < -0.39 is 17.9 Å². The fraction of sp³-hybridized carbons (Fsp3) is 0.529. The number of carbonyl (C=O) groups is 2. The third-order valence-corrected chi connectivity index (χ3v) is 4.35. The summed E-state index contributed by atoms with van der Waals surface area (Å²) in [6.07, 6.45) is -0.418. The predicted octanol–water partition coefficient (Wildman–Crippen LogP) is 0.592. The molecule has 0 spiro atoms. The van der Waals surface area contributed by atoms with Crippen LogP contribution in [0.25, 0.3) is 0 Å². The minimum Gasteiger partial charge on any atom is -0.379 e. The Hall–Kier alpha value is -1.67. The fourth-order valence-electron chi connectivity index (χ4n) is 2.55. The molecule has 1 fully saturated rings. The zero-order valence-corrected chi connectivity index (χ0v) is 15.1. The molecule has 1 atom stereocenters. The number of nitrogens with one attached hydrogen (secondary N) is 2. The van der Waals surface area contributed by atoms with Gasteiger partial charge in [-0.15, -0.1) is 0 Å². The molecule has 0 bridgehead atoms. The second-order valence-corrected chi connectivity index (χ2v) is 6.07. The lowest BCUT2D eigenvalue weighted by Crippen LogP contribution is -2.45. The van der Waals surface area contributed by atoms with Gasteiger partial charge in [0.2, 0.25) is 0 Å². The van der Waals surface area contributed by atoms with Crippen LogP contribution in [0.1, 0.15) is 11.7 Å². The summed E-state index contributed by atoms with van der Waals surface area (Å²) >= 11 is 6.13. The van der Waals surface area contributed by atoms with Crippen LogP contribution in [0.3, 0.4) is 0 Å². The minimum absolute atomic E-state index is 0.163. The first-order valence-electron chi connectivity index (χ1n) is 8.25. The zero-order valence-electron chi connectivity index (χ0n) is 14.3. The number of hydrogen-bond donors (Lipinski definition) is 2. The third-order valence-electron chi connectivity index (χ3n) is 4.01. The van der Waals surface area contributed by atoms with Crippen LogP contribution < -0.4 is 10.6 Å². The molecule has 8 heteroatoms. The monoisotopic (exact) mass is 369 g/mol. The van der Waals surface area contributed by atoms with E-state index >= 15 is 0 Å². The number of methoxy groups -OCH3 is 1. The van der Waals surface area contributed by atoms with Crippen molar-refractivity contribution in [2.75, 3.05) is 53.0 Å². The summed E-state index contributed by atoms with van der Waals surface area (Å²) in [6, 6.07) is 7.24. The molecule has 2 amide bonds. The molecule has 0 radical (unpaired) electrons. The number of amides is 2. The maximum Gasteiger partial charge on any atom is 0.309 e. The van der Waals surface area contributed by atoms with Crippen molar-refractivity contribution in [1.29, 1.82) is 0 Å². The van der Waals surface area contributed by atoms with Gasteiger partial charge in [-0.05, 0) is 6.07 Å². The second-order valence-electron chi connectivity index (χ2n) is 5.67. The van der Waals surface area contributed by atoms with E-state index in [0.717, 1.165) is 18.7 Å². The molecule has 1 aliphatic rings. The molecular formula is C17H24ClN3O4. The molecule has 0 aromatic heterocycles. The molecule has 0 aliphatic carbocycles. The highest BCUT2D eigenvalue weighted by Crippen LogP contribution is 2.24. The summed E-state index contributed by atoms with van der Waals surface area (Å²) in [5, 5.41) is 5.76.